The van der Waals surface area contributed by atoms with Gasteiger partial charge in [0.15, 0.2) is 0 Å². The number of nitrogens with zero attached hydrogens (tertiary/aromatic N) is 3. The van der Waals surface area contributed by atoms with Crippen molar-refractivity contribution < 1.29 is 9.90 Å². The van der Waals surface area contributed by atoms with Gasteiger partial charge in [-0.05, 0) is 31.4 Å². The fourth-order valence-electron chi connectivity index (χ4n) is 2.88. The summed E-state index contributed by atoms with van der Waals surface area (Å²) in [6.45, 7) is 2.83. The number of aliphatic hydroxyl groups is 1. The van der Waals surface area contributed by atoms with E-state index in [9.17, 15) is 14.7 Å². The first-order valence-electron chi connectivity index (χ1n) is 7.47. The van der Waals surface area contributed by atoms with Gasteiger partial charge < -0.3 is 10.0 Å². The molecule has 0 saturated carbocycles. The molecule has 22 heavy (non-hydrogen) atoms. The van der Waals surface area contributed by atoms with Crippen LogP contribution in [-0.4, -0.2) is 44.7 Å². The quantitative estimate of drug-likeness (QED) is 0.885. The van der Waals surface area contributed by atoms with Crippen LogP contribution in [-0.2, 0) is 11.3 Å². The summed E-state index contributed by atoms with van der Waals surface area (Å²) in [4.78, 5) is 30.7. The van der Waals surface area contributed by atoms with Crippen LogP contribution in [0.5, 0.6) is 0 Å². The van der Waals surface area contributed by atoms with Crippen LogP contribution in [0.1, 0.15) is 18.4 Å². The maximum Gasteiger partial charge on any atom is 0.261 e. The molecule has 1 aromatic carbocycles. The van der Waals surface area contributed by atoms with Crippen LogP contribution in [0.4, 0.5) is 0 Å². The molecule has 1 amide bonds. The Kier molecular flexibility index (Phi) is 3.94. The monoisotopic (exact) mass is 301 g/mol. The van der Waals surface area contributed by atoms with E-state index in [1.165, 1.54) is 10.9 Å². The lowest BCUT2D eigenvalue weighted by atomic mass is 10.1. The Balaban J connectivity index is 1.86. The number of benzene rings is 1. The van der Waals surface area contributed by atoms with Gasteiger partial charge in [0.2, 0.25) is 5.91 Å². The third-order valence-electron chi connectivity index (χ3n) is 4.11. The molecule has 2 aromatic rings. The van der Waals surface area contributed by atoms with E-state index >= 15 is 0 Å². The van der Waals surface area contributed by atoms with Gasteiger partial charge in [0.1, 0.15) is 6.54 Å². The van der Waals surface area contributed by atoms with Crippen molar-refractivity contribution >= 4 is 16.8 Å². The van der Waals surface area contributed by atoms with E-state index in [4.69, 9.17) is 0 Å². The van der Waals surface area contributed by atoms with Crippen LogP contribution in [0, 0.1) is 6.92 Å². The van der Waals surface area contributed by atoms with Crippen LogP contribution < -0.4 is 5.56 Å². The number of hydrogen-bond acceptors (Lipinski definition) is 4. The normalized spacial score (nSPS) is 18.6. The van der Waals surface area contributed by atoms with Crippen molar-refractivity contribution in [2.75, 3.05) is 13.1 Å². The number of hydrogen-bond donors (Lipinski definition) is 1. The topological polar surface area (TPSA) is 75.4 Å². The van der Waals surface area contributed by atoms with Gasteiger partial charge in [0, 0.05) is 13.1 Å². The maximum absolute atomic E-state index is 12.5. The molecule has 1 N–H and O–H groups in total. The Morgan fingerprint density at radius 3 is 3.05 bits per heavy atom. The smallest absolute Gasteiger partial charge is 0.261 e. The Morgan fingerprint density at radius 2 is 2.27 bits per heavy atom. The van der Waals surface area contributed by atoms with Crippen molar-refractivity contribution in [3.8, 4) is 0 Å². The Morgan fingerprint density at radius 1 is 1.45 bits per heavy atom. The number of fused-ring (bicyclic) bond motifs is 1. The van der Waals surface area contributed by atoms with E-state index in [-0.39, 0.29) is 18.0 Å². The first-order valence-corrected chi connectivity index (χ1v) is 7.47. The zero-order chi connectivity index (χ0) is 15.7. The number of aliphatic hydroxyl groups excluding tert-OH is 1. The SMILES string of the molecule is Cc1cccc2c(=O)n(CC(=O)N3CCCC(O)C3)cnc12. The van der Waals surface area contributed by atoms with Crippen molar-refractivity contribution in [1.29, 1.82) is 0 Å². The average molecular weight is 301 g/mol. The van der Waals surface area contributed by atoms with Crippen molar-refractivity contribution in [3.05, 3.63) is 40.4 Å². The molecule has 2 heterocycles. The molecule has 1 atom stereocenters. The van der Waals surface area contributed by atoms with Crippen LogP contribution in [0.3, 0.4) is 0 Å². The van der Waals surface area contributed by atoms with E-state index in [1.807, 2.05) is 19.1 Å². The number of aromatic nitrogens is 2. The molecule has 6 nitrogen and oxygen atoms in total. The molecule has 1 unspecified atom stereocenters. The van der Waals surface area contributed by atoms with Gasteiger partial charge in [0.25, 0.3) is 5.56 Å². The first-order chi connectivity index (χ1) is 10.6. The minimum Gasteiger partial charge on any atom is -0.391 e. The lowest BCUT2D eigenvalue weighted by Crippen LogP contribution is -2.44. The average Bonchev–Trinajstić information content (AvgIpc) is 2.50. The van der Waals surface area contributed by atoms with E-state index in [2.05, 4.69) is 4.98 Å². The lowest BCUT2D eigenvalue weighted by molar-refractivity contribution is -0.134. The maximum atomic E-state index is 12.5. The highest BCUT2D eigenvalue weighted by Crippen LogP contribution is 2.12. The van der Waals surface area contributed by atoms with Gasteiger partial charge in [0.05, 0.1) is 23.3 Å². The largest absolute Gasteiger partial charge is 0.391 e. The van der Waals surface area contributed by atoms with Gasteiger partial charge >= 0.3 is 0 Å². The molecule has 6 heteroatoms. The number of aryl methyl sites for hydroxylation is 1. The number of carbonyl (C=O) groups is 1. The van der Waals surface area contributed by atoms with Gasteiger partial charge in [-0.25, -0.2) is 4.98 Å². The van der Waals surface area contributed by atoms with Crippen LogP contribution in [0.15, 0.2) is 29.3 Å². The molecule has 1 fully saturated rings. The molecule has 1 aliphatic heterocycles. The molecule has 0 radical (unpaired) electrons. The standard InChI is InChI=1S/C16H19N3O3/c1-11-4-2-6-13-15(11)17-10-19(16(13)22)9-14(21)18-7-3-5-12(20)8-18/h2,4,6,10,12,20H,3,5,7-9H2,1H3. The summed E-state index contributed by atoms with van der Waals surface area (Å²) in [6, 6.07) is 5.44. The molecule has 0 aliphatic carbocycles. The highest BCUT2D eigenvalue weighted by atomic mass is 16.3. The number of β-amino-alcohol motifs (C(OH)–C–C–N with tert-alkyl or cyclic N) is 1. The fourth-order valence-corrected chi connectivity index (χ4v) is 2.88. The van der Waals surface area contributed by atoms with Crippen LogP contribution >= 0.6 is 0 Å². The molecule has 1 aromatic heterocycles. The number of amides is 1. The second-order valence-electron chi connectivity index (χ2n) is 5.78. The third-order valence-corrected chi connectivity index (χ3v) is 4.11. The van der Waals surface area contributed by atoms with Crippen molar-refractivity contribution in [2.45, 2.75) is 32.4 Å². The molecular weight excluding hydrogens is 282 g/mol. The second kappa shape index (κ2) is 5.88. The predicted octanol–water partition coefficient (Wildman–Crippen LogP) is 0.688. The van der Waals surface area contributed by atoms with E-state index in [0.29, 0.717) is 24.0 Å². The summed E-state index contributed by atoms with van der Waals surface area (Å²) in [5.41, 5.74) is 1.40. The van der Waals surface area contributed by atoms with E-state index in [1.54, 1.807) is 11.0 Å². The number of carbonyl (C=O) groups excluding carboxylic acids is 1. The van der Waals surface area contributed by atoms with Crippen molar-refractivity contribution in [1.82, 2.24) is 14.5 Å². The summed E-state index contributed by atoms with van der Waals surface area (Å²) in [7, 11) is 0. The zero-order valence-electron chi connectivity index (χ0n) is 12.5. The van der Waals surface area contributed by atoms with Gasteiger partial charge in [-0.1, -0.05) is 12.1 Å². The Labute approximate surface area is 128 Å². The third kappa shape index (κ3) is 2.74. The van der Waals surface area contributed by atoms with Gasteiger partial charge in [-0.2, -0.15) is 0 Å². The van der Waals surface area contributed by atoms with E-state index in [0.717, 1.165) is 18.4 Å². The molecule has 1 aliphatic rings. The van der Waals surface area contributed by atoms with Crippen LogP contribution in [0.25, 0.3) is 10.9 Å². The fraction of sp³-hybridized carbons (Fsp3) is 0.438. The lowest BCUT2D eigenvalue weighted by Gasteiger charge is -2.30. The van der Waals surface area contributed by atoms with E-state index < -0.39 is 6.10 Å². The van der Waals surface area contributed by atoms with Crippen LogP contribution in [0.2, 0.25) is 0 Å². The Hall–Kier alpha value is -2.21. The highest BCUT2D eigenvalue weighted by molar-refractivity contribution is 5.81. The van der Waals surface area contributed by atoms with Crippen molar-refractivity contribution in [3.63, 3.8) is 0 Å². The Bertz CT molecular complexity index is 769. The molecule has 3 rings (SSSR count). The first kappa shape index (κ1) is 14.7. The molecule has 0 spiro atoms. The number of likely N-dealkylation sites (tertiary alicyclic amines) is 1. The number of para-hydroxylation sites is 1. The summed E-state index contributed by atoms with van der Waals surface area (Å²) in [5.74, 6) is -0.158. The minimum atomic E-state index is -0.466. The predicted molar refractivity (Wildman–Crippen MR) is 82.6 cm³/mol. The zero-order valence-corrected chi connectivity index (χ0v) is 12.5. The summed E-state index contributed by atoms with van der Waals surface area (Å²) in [6.07, 6.45) is 2.47. The molecular formula is C16H19N3O3. The molecule has 116 valence electrons. The second-order valence-corrected chi connectivity index (χ2v) is 5.78. The van der Waals surface area contributed by atoms with Gasteiger partial charge in [-0.15, -0.1) is 0 Å². The molecule has 0 bridgehead atoms. The summed E-state index contributed by atoms with van der Waals surface area (Å²) in [5, 5.41) is 10.2. The number of rotatable bonds is 2. The van der Waals surface area contributed by atoms with Crippen molar-refractivity contribution in [2.24, 2.45) is 0 Å². The number of piperidine rings is 1. The van der Waals surface area contributed by atoms with Gasteiger partial charge in [-0.3, -0.25) is 14.2 Å². The summed E-state index contributed by atoms with van der Waals surface area (Å²) >= 11 is 0. The summed E-state index contributed by atoms with van der Waals surface area (Å²) < 4.78 is 1.34. The molecule has 1 saturated heterocycles. The minimum absolute atomic E-state index is 0.0393. The highest BCUT2D eigenvalue weighted by Gasteiger charge is 2.22.